The van der Waals surface area contributed by atoms with Gasteiger partial charge in [-0.05, 0) is 30.7 Å². The number of rotatable bonds is 6. The first kappa shape index (κ1) is 15.7. The normalized spacial score (nSPS) is 10.6. The molecule has 6 heteroatoms. The third-order valence-electron chi connectivity index (χ3n) is 3.27. The third kappa shape index (κ3) is 3.51. The van der Waals surface area contributed by atoms with Crippen LogP contribution in [0.15, 0.2) is 29.2 Å². The molecule has 0 bridgehead atoms. The fourth-order valence-corrected chi connectivity index (χ4v) is 4.04. The number of hydrogen-bond acceptors (Lipinski definition) is 5. The smallest absolute Gasteiger partial charge is 0.261 e. The van der Waals surface area contributed by atoms with E-state index in [-0.39, 0.29) is 0 Å². The maximum atomic E-state index is 11.4. The number of aryl methyl sites for hydroxylation is 1. The Morgan fingerprint density at radius 3 is 2.71 bits per heavy atom. The van der Waals surface area contributed by atoms with Crippen molar-refractivity contribution in [1.82, 2.24) is 0 Å². The minimum absolute atomic E-state index is 0.428. The highest BCUT2D eigenvalue weighted by atomic mass is 32.2. The fourth-order valence-electron chi connectivity index (χ4n) is 2.13. The van der Waals surface area contributed by atoms with Gasteiger partial charge < -0.3 is 16.8 Å². The van der Waals surface area contributed by atoms with Gasteiger partial charge in [-0.1, -0.05) is 24.3 Å². The zero-order valence-corrected chi connectivity index (χ0v) is 13.7. The van der Waals surface area contributed by atoms with E-state index in [1.165, 1.54) is 34.2 Å². The summed E-state index contributed by atoms with van der Waals surface area (Å²) in [5.41, 5.74) is 14.4. The number of nitrogens with two attached hydrogens (primary N) is 2. The molecule has 0 spiro atoms. The summed E-state index contributed by atoms with van der Waals surface area (Å²) >= 11 is 2.85. The Bertz CT molecular complexity index is 652. The predicted octanol–water partition coefficient (Wildman–Crippen LogP) is 3.11. The molecule has 0 aliphatic rings. The second-order valence-electron chi connectivity index (χ2n) is 4.67. The molecule has 1 heterocycles. The molecule has 0 aliphatic heterocycles. The zero-order chi connectivity index (χ0) is 15.4. The number of carbonyl (C=O) groups excluding carboxylic acids is 1. The van der Waals surface area contributed by atoms with Crippen LogP contribution in [0, 0.1) is 6.92 Å². The summed E-state index contributed by atoms with van der Waals surface area (Å²) in [5.74, 6) is -0.472. The standard InChI is InChI=1S/C15H19N3OS2/c1-9-5-3-4-6-10(9)7-8-18-15-13(20-2)11(16)12(21-15)14(17)19/h3-6,18H,7-8,16H2,1-2H3,(H2,17,19). The van der Waals surface area contributed by atoms with E-state index in [1.54, 1.807) is 0 Å². The monoisotopic (exact) mass is 321 g/mol. The second kappa shape index (κ2) is 6.87. The fraction of sp³-hybridized carbons (Fsp3) is 0.267. The lowest BCUT2D eigenvalue weighted by Crippen LogP contribution is -2.10. The lowest BCUT2D eigenvalue weighted by Gasteiger charge is -2.08. The molecule has 0 aliphatic carbocycles. The molecule has 2 rings (SSSR count). The van der Waals surface area contributed by atoms with Crippen LogP contribution in [-0.2, 0) is 6.42 Å². The second-order valence-corrected chi connectivity index (χ2v) is 6.51. The highest BCUT2D eigenvalue weighted by Gasteiger charge is 2.18. The largest absolute Gasteiger partial charge is 0.396 e. The number of thiophene rings is 1. The van der Waals surface area contributed by atoms with Crippen LogP contribution in [0.1, 0.15) is 20.8 Å². The SMILES string of the molecule is CSc1c(NCCc2ccccc2C)sc(C(N)=O)c1N. The number of carbonyl (C=O) groups is 1. The summed E-state index contributed by atoms with van der Waals surface area (Å²) in [4.78, 5) is 12.7. The molecule has 2 aromatic rings. The van der Waals surface area contributed by atoms with Crippen LogP contribution in [0.4, 0.5) is 10.7 Å². The predicted molar refractivity (Wildman–Crippen MR) is 92.4 cm³/mol. The molecule has 1 amide bonds. The van der Waals surface area contributed by atoms with Crippen molar-refractivity contribution in [3.05, 3.63) is 40.3 Å². The maximum absolute atomic E-state index is 11.4. The van der Waals surface area contributed by atoms with Crippen molar-refractivity contribution in [2.45, 2.75) is 18.2 Å². The molecule has 0 atom stereocenters. The average Bonchev–Trinajstić information content (AvgIpc) is 2.77. The number of thioether (sulfide) groups is 1. The van der Waals surface area contributed by atoms with Gasteiger partial charge >= 0.3 is 0 Å². The highest BCUT2D eigenvalue weighted by molar-refractivity contribution is 7.99. The number of anilines is 2. The van der Waals surface area contributed by atoms with Crippen LogP contribution in [0.3, 0.4) is 0 Å². The van der Waals surface area contributed by atoms with E-state index in [1.807, 2.05) is 18.4 Å². The van der Waals surface area contributed by atoms with E-state index >= 15 is 0 Å². The van der Waals surface area contributed by atoms with E-state index in [4.69, 9.17) is 11.5 Å². The van der Waals surface area contributed by atoms with Crippen LogP contribution in [0.2, 0.25) is 0 Å². The van der Waals surface area contributed by atoms with Crippen LogP contribution in [0.5, 0.6) is 0 Å². The van der Waals surface area contributed by atoms with Crippen molar-refractivity contribution in [2.24, 2.45) is 5.73 Å². The molecular weight excluding hydrogens is 302 g/mol. The van der Waals surface area contributed by atoms with Gasteiger partial charge in [0.25, 0.3) is 5.91 Å². The Hall–Kier alpha value is -1.66. The Morgan fingerprint density at radius 2 is 2.10 bits per heavy atom. The van der Waals surface area contributed by atoms with E-state index in [9.17, 15) is 4.79 Å². The lowest BCUT2D eigenvalue weighted by atomic mass is 10.1. The number of benzene rings is 1. The van der Waals surface area contributed by atoms with Crippen molar-refractivity contribution < 1.29 is 4.79 Å². The van der Waals surface area contributed by atoms with Crippen molar-refractivity contribution in [1.29, 1.82) is 0 Å². The van der Waals surface area contributed by atoms with Crippen LogP contribution in [0.25, 0.3) is 0 Å². The lowest BCUT2D eigenvalue weighted by molar-refractivity contribution is 0.100. The maximum Gasteiger partial charge on any atom is 0.261 e. The minimum atomic E-state index is -0.472. The van der Waals surface area contributed by atoms with Crippen LogP contribution in [-0.4, -0.2) is 18.7 Å². The Labute approximate surface area is 132 Å². The summed E-state index contributed by atoms with van der Waals surface area (Å²) in [6, 6.07) is 8.32. The summed E-state index contributed by atoms with van der Waals surface area (Å²) in [5, 5.41) is 4.28. The first-order chi connectivity index (χ1) is 10.0. The van der Waals surface area contributed by atoms with E-state index in [0.717, 1.165) is 22.9 Å². The van der Waals surface area contributed by atoms with Crippen LogP contribution < -0.4 is 16.8 Å². The number of primary amides is 1. The zero-order valence-electron chi connectivity index (χ0n) is 12.1. The Morgan fingerprint density at radius 1 is 1.38 bits per heavy atom. The molecular formula is C15H19N3OS2. The summed E-state index contributed by atoms with van der Waals surface area (Å²) in [7, 11) is 0. The molecule has 0 saturated heterocycles. The molecule has 1 aromatic carbocycles. The number of hydrogen-bond donors (Lipinski definition) is 3. The van der Waals surface area contributed by atoms with Crippen molar-refractivity contribution in [3.8, 4) is 0 Å². The van der Waals surface area contributed by atoms with Gasteiger partial charge in [-0.25, -0.2) is 0 Å². The van der Waals surface area contributed by atoms with Crippen molar-refractivity contribution in [3.63, 3.8) is 0 Å². The Balaban J connectivity index is 2.08. The molecule has 0 radical (unpaired) electrons. The van der Waals surface area contributed by atoms with Gasteiger partial charge in [-0.2, -0.15) is 0 Å². The quantitative estimate of drug-likeness (QED) is 0.714. The molecule has 0 unspecified atom stereocenters. The van der Waals surface area contributed by atoms with Gasteiger partial charge in [0.05, 0.1) is 10.6 Å². The van der Waals surface area contributed by atoms with Gasteiger partial charge in [-0.3, -0.25) is 4.79 Å². The van der Waals surface area contributed by atoms with Crippen molar-refractivity contribution in [2.75, 3.05) is 23.9 Å². The molecule has 0 fully saturated rings. The average molecular weight is 321 g/mol. The van der Waals surface area contributed by atoms with Gasteiger partial charge in [0.2, 0.25) is 0 Å². The molecule has 1 aromatic heterocycles. The van der Waals surface area contributed by atoms with E-state index < -0.39 is 5.91 Å². The topological polar surface area (TPSA) is 81.1 Å². The molecule has 4 nitrogen and oxygen atoms in total. The van der Waals surface area contributed by atoms with Gasteiger partial charge in [0, 0.05) is 6.54 Å². The summed E-state index contributed by atoms with van der Waals surface area (Å²) in [6.07, 6.45) is 2.86. The van der Waals surface area contributed by atoms with Gasteiger partial charge in [-0.15, -0.1) is 23.1 Å². The molecule has 0 saturated carbocycles. The molecule has 112 valence electrons. The summed E-state index contributed by atoms with van der Waals surface area (Å²) in [6.45, 7) is 2.90. The van der Waals surface area contributed by atoms with Crippen molar-refractivity contribution >= 4 is 39.7 Å². The molecule has 5 N–H and O–H groups in total. The number of nitrogen functional groups attached to an aromatic ring is 1. The highest BCUT2D eigenvalue weighted by Crippen LogP contribution is 2.41. The third-order valence-corrected chi connectivity index (χ3v) is 5.41. The van der Waals surface area contributed by atoms with E-state index in [0.29, 0.717) is 10.6 Å². The van der Waals surface area contributed by atoms with Gasteiger partial charge in [0.1, 0.15) is 9.88 Å². The van der Waals surface area contributed by atoms with E-state index in [2.05, 4.69) is 24.4 Å². The van der Waals surface area contributed by atoms with Gasteiger partial charge in [0.15, 0.2) is 0 Å². The van der Waals surface area contributed by atoms with Crippen LogP contribution >= 0.6 is 23.1 Å². The Kier molecular flexibility index (Phi) is 5.14. The summed E-state index contributed by atoms with van der Waals surface area (Å²) < 4.78 is 0. The first-order valence-corrected chi connectivity index (χ1v) is 8.63. The number of amides is 1. The molecule has 21 heavy (non-hydrogen) atoms. The first-order valence-electron chi connectivity index (χ1n) is 6.59. The number of nitrogens with one attached hydrogen (secondary N) is 1. The minimum Gasteiger partial charge on any atom is -0.396 e.